The van der Waals surface area contributed by atoms with Gasteiger partial charge in [-0.1, -0.05) is 35.9 Å². The average molecular weight is 301 g/mol. The summed E-state index contributed by atoms with van der Waals surface area (Å²) in [4.78, 5) is 14.4. The molecule has 2 N–H and O–H groups in total. The summed E-state index contributed by atoms with van der Waals surface area (Å²) < 4.78 is 0. The molecule has 1 aliphatic carbocycles. The van der Waals surface area contributed by atoms with Crippen LogP contribution in [0.15, 0.2) is 42.5 Å². The zero-order valence-electron chi connectivity index (χ0n) is 11.8. The molecular weight excluding hydrogens is 284 g/mol. The van der Waals surface area contributed by atoms with Crippen molar-refractivity contribution in [1.82, 2.24) is 4.90 Å². The van der Waals surface area contributed by atoms with E-state index in [2.05, 4.69) is 12.1 Å². The zero-order chi connectivity index (χ0) is 15.0. The summed E-state index contributed by atoms with van der Waals surface area (Å²) in [7, 11) is 1.84. The van der Waals surface area contributed by atoms with Gasteiger partial charge in [-0.2, -0.15) is 0 Å². The van der Waals surface area contributed by atoms with Crippen LogP contribution < -0.4 is 5.73 Å². The van der Waals surface area contributed by atoms with Crippen molar-refractivity contribution in [3.05, 3.63) is 64.2 Å². The van der Waals surface area contributed by atoms with Crippen LogP contribution in [0.2, 0.25) is 5.02 Å². The van der Waals surface area contributed by atoms with Crippen LogP contribution >= 0.6 is 11.6 Å². The van der Waals surface area contributed by atoms with Crippen LogP contribution in [-0.4, -0.2) is 17.9 Å². The summed E-state index contributed by atoms with van der Waals surface area (Å²) in [6, 6.07) is 13.4. The van der Waals surface area contributed by atoms with Crippen molar-refractivity contribution >= 4 is 23.2 Å². The van der Waals surface area contributed by atoms with Gasteiger partial charge in [0.25, 0.3) is 5.91 Å². The molecule has 0 heterocycles. The number of anilines is 1. The van der Waals surface area contributed by atoms with Crippen LogP contribution in [0, 0.1) is 0 Å². The first-order chi connectivity index (χ1) is 10.1. The van der Waals surface area contributed by atoms with Crippen molar-refractivity contribution in [2.75, 3.05) is 12.8 Å². The SMILES string of the molecule is CN(C(=O)c1cc(N)cc(Cl)c1)C1CCc2ccccc21. The van der Waals surface area contributed by atoms with Gasteiger partial charge in [0.1, 0.15) is 0 Å². The summed E-state index contributed by atoms with van der Waals surface area (Å²) >= 11 is 5.99. The Kier molecular flexibility index (Phi) is 3.60. The van der Waals surface area contributed by atoms with E-state index in [0.29, 0.717) is 16.3 Å². The highest BCUT2D eigenvalue weighted by Crippen LogP contribution is 2.35. The number of halogens is 1. The van der Waals surface area contributed by atoms with Crippen LogP contribution in [0.5, 0.6) is 0 Å². The Labute approximate surface area is 129 Å². The number of hydrogen-bond acceptors (Lipinski definition) is 2. The molecule has 0 radical (unpaired) electrons. The van der Waals surface area contributed by atoms with Gasteiger partial charge in [0.15, 0.2) is 0 Å². The number of aryl methyl sites for hydroxylation is 1. The van der Waals surface area contributed by atoms with E-state index in [4.69, 9.17) is 17.3 Å². The third-order valence-corrected chi connectivity index (χ3v) is 4.27. The maximum atomic E-state index is 12.7. The highest BCUT2D eigenvalue weighted by atomic mass is 35.5. The maximum absolute atomic E-state index is 12.7. The van der Waals surface area contributed by atoms with E-state index < -0.39 is 0 Å². The normalized spacial score (nSPS) is 16.6. The minimum Gasteiger partial charge on any atom is -0.399 e. The summed E-state index contributed by atoms with van der Waals surface area (Å²) in [6.07, 6.45) is 1.97. The van der Waals surface area contributed by atoms with Crippen LogP contribution in [0.3, 0.4) is 0 Å². The molecule has 0 aliphatic heterocycles. The van der Waals surface area contributed by atoms with Crippen molar-refractivity contribution in [2.45, 2.75) is 18.9 Å². The van der Waals surface area contributed by atoms with Crippen LogP contribution in [0.25, 0.3) is 0 Å². The largest absolute Gasteiger partial charge is 0.399 e. The van der Waals surface area contributed by atoms with Gasteiger partial charge in [-0.3, -0.25) is 4.79 Å². The van der Waals surface area contributed by atoms with Crippen LogP contribution in [-0.2, 0) is 6.42 Å². The molecule has 0 aromatic heterocycles. The summed E-state index contributed by atoms with van der Waals surface area (Å²) in [5.74, 6) is -0.0501. The molecule has 3 rings (SSSR count). The Morgan fingerprint density at radius 1 is 1.29 bits per heavy atom. The first-order valence-corrected chi connectivity index (χ1v) is 7.35. The number of amides is 1. The van der Waals surface area contributed by atoms with E-state index in [-0.39, 0.29) is 11.9 Å². The molecule has 1 aliphatic rings. The molecule has 2 aromatic rings. The summed E-state index contributed by atoms with van der Waals surface area (Å²) in [5, 5.41) is 0.485. The minimum atomic E-state index is -0.0501. The van der Waals surface area contributed by atoms with E-state index in [1.165, 1.54) is 11.1 Å². The molecule has 0 saturated heterocycles. The Balaban J connectivity index is 1.89. The standard InChI is InChI=1S/C17H17ClN2O/c1-20(16-7-6-11-4-2-3-5-15(11)16)17(21)12-8-13(18)10-14(19)9-12/h2-5,8-10,16H,6-7,19H2,1H3. The molecule has 108 valence electrons. The second kappa shape index (κ2) is 5.41. The lowest BCUT2D eigenvalue weighted by atomic mass is 10.1. The van der Waals surface area contributed by atoms with Gasteiger partial charge in [-0.05, 0) is 42.2 Å². The van der Waals surface area contributed by atoms with E-state index in [9.17, 15) is 4.79 Å². The van der Waals surface area contributed by atoms with Crippen molar-refractivity contribution in [3.8, 4) is 0 Å². The Hall–Kier alpha value is -2.00. The lowest BCUT2D eigenvalue weighted by Gasteiger charge is -2.25. The fourth-order valence-corrected chi connectivity index (χ4v) is 3.26. The predicted octanol–water partition coefficient (Wildman–Crippen LogP) is 3.68. The van der Waals surface area contributed by atoms with Crippen LogP contribution in [0.1, 0.15) is 33.9 Å². The van der Waals surface area contributed by atoms with E-state index in [1.807, 2.05) is 19.2 Å². The van der Waals surface area contributed by atoms with Gasteiger partial charge < -0.3 is 10.6 Å². The number of nitrogens with zero attached hydrogens (tertiary/aromatic N) is 1. The number of hydrogen-bond donors (Lipinski definition) is 1. The molecule has 3 nitrogen and oxygen atoms in total. The summed E-state index contributed by atoms with van der Waals surface area (Å²) in [6.45, 7) is 0. The molecular formula is C17H17ClN2O. The topological polar surface area (TPSA) is 46.3 Å². The maximum Gasteiger partial charge on any atom is 0.254 e. The number of nitrogens with two attached hydrogens (primary N) is 1. The van der Waals surface area contributed by atoms with Crippen molar-refractivity contribution in [2.24, 2.45) is 0 Å². The number of carbonyl (C=O) groups excluding carboxylic acids is 1. The molecule has 2 aromatic carbocycles. The molecule has 1 unspecified atom stereocenters. The predicted molar refractivity (Wildman–Crippen MR) is 85.5 cm³/mol. The van der Waals surface area contributed by atoms with Gasteiger partial charge >= 0.3 is 0 Å². The fourth-order valence-electron chi connectivity index (χ4n) is 3.02. The lowest BCUT2D eigenvalue weighted by Crippen LogP contribution is -2.30. The first-order valence-electron chi connectivity index (χ1n) is 6.97. The number of fused-ring (bicyclic) bond motifs is 1. The monoisotopic (exact) mass is 300 g/mol. The molecule has 0 bridgehead atoms. The number of benzene rings is 2. The second-order valence-electron chi connectivity index (χ2n) is 5.44. The van der Waals surface area contributed by atoms with E-state index >= 15 is 0 Å². The summed E-state index contributed by atoms with van der Waals surface area (Å²) in [5.41, 5.74) is 9.38. The van der Waals surface area contributed by atoms with E-state index in [1.54, 1.807) is 23.1 Å². The third-order valence-electron chi connectivity index (χ3n) is 4.06. The Bertz CT molecular complexity index is 679. The van der Waals surface area contributed by atoms with Gasteiger partial charge in [0.2, 0.25) is 0 Å². The first kappa shape index (κ1) is 14.0. The second-order valence-corrected chi connectivity index (χ2v) is 5.88. The third kappa shape index (κ3) is 2.61. The molecule has 1 amide bonds. The average Bonchev–Trinajstić information content (AvgIpc) is 2.88. The number of carbonyl (C=O) groups is 1. The van der Waals surface area contributed by atoms with Crippen molar-refractivity contribution < 1.29 is 4.79 Å². The van der Waals surface area contributed by atoms with Crippen molar-refractivity contribution in [1.29, 1.82) is 0 Å². The van der Waals surface area contributed by atoms with Gasteiger partial charge in [-0.25, -0.2) is 0 Å². The molecule has 21 heavy (non-hydrogen) atoms. The molecule has 0 saturated carbocycles. The van der Waals surface area contributed by atoms with Crippen LogP contribution in [0.4, 0.5) is 5.69 Å². The number of rotatable bonds is 2. The quantitative estimate of drug-likeness (QED) is 0.860. The molecule has 1 atom stereocenters. The van der Waals surface area contributed by atoms with Crippen molar-refractivity contribution in [3.63, 3.8) is 0 Å². The fraction of sp³-hybridized carbons (Fsp3) is 0.235. The highest BCUT2D eigenvalue weighted by molar-refractivity contribution is 6.31. The van der Waals surface area contributed by atoms with Gasteiger partial charge in [0.05, 0.1) is 6.04 Å². The van der Waals surface area contributed by atoms with Gasteiger partial charge in [-0.15, -0.1) is 0 Å². The Morgan fingerprint density at radius 3 is 2.81 bits per heavy atom. The Morgan fingerprint density at radius 2 is 2.05 bits per heavy atom. The molecule has 0 fully saturated rings. The van der Waals surface area contributed by atoms with Gasteiger partial charge in [0, 0.05) is 23.3 Å². The number of nitrogen functional groups attached to an aromatic ring is 1. The zero-order valence-corrected chi connectivity index (χ0v) is 12.6. The smallest absolute Gasteiger partial charge is 0.254 e. The van der Waals surface area contributed by atoms with E-state index in [0.717, 1.165) is 12.8 Å². The molecule has 0 spiro atoms. The minimum absolute atomic E-state index is 0.0501. The lowest BCUT2D eigenvalue weighted by molar-refractivity contribution is 0.0730. The highest BCUT2D eigenvalue weighted by Gasteiger charge is 2.28. The molecule has 4 heteroatoms.